The first-order valence-electron chi connectivity index (χ1n) is 4.44. The highest BCUT2D eigenvalue weighted by atomic mass is 19.4. The quantitative estimate of drug-likeness (QED) is 0.809. The molecule has 1 saturated carbocycles. The van der Waals surface area contributed by atoms with Crippen molar-refractivity contribution in [3.8, 4) is 0 Å². The Kier molecular flexibility index (Phi) is 2.11. The summed E-state index contributed by atoms with van der Waals surface area (Å²) >= 11 is 0. The summed E-state index contributed by atoms with van der Waals surface area (Å²) in [5, 5.41) is 8.63. The second-order valence-corrected chi connectivity index (χ2v) is 3.64. The molecule has 0 radical (unpaired) electrons. The van der Waals surface area contributed by atoms with Gasteiger partial charge in [-0.05, 0) is 6.42 Å². The lowest BCUT2D eigenvalue weighted by Crippen LogP contribution is -2.14. The minimum Gasteiger partial charge on any atom is -0.476 e. The number of hydrogen-bond donors (Lipinski definition) is 2. The normalized spacial score (nSPS) is 24.4. The van der Waals surface area contributed by atoms with Gasteiger partial charge < -0.3 is 15.4 Å². The Morgan fingerprint density at radius 1 is 1.62 bits per heavy atom. The minimum absolute atomic E-state index is 0.0802. The van der Waals surface area contributed by atoms with Crippen LogP contribution in [0, 0.1) is 5.92 Å². The van der Waals surface area contributed by atoms with Crippen molar-refractivity contribution in [2.45, 2.75) is 18.6 Å². The number of nitrogens with zero attached hydrogens (tertiary/aromatic N) is 2. The molecule has 0 amide bonds. The highest BCUT2D eigenvalue weighted by molar-refractivity contribution is 5.90. The number of aromatic carboxylic acids is 1. The van der Waals surface area contributed by atoms with Crippen molar-refractivity contribution in [3.63, 3.8) is 0 Å². The van der Waals surface area contributed by atoms with E-state index in [4.69, 9.17) is 10.8 Å². The number of imidazole rings is 1. The smallest absolute Gasteiger partial charge is 0.393 e. The van der Waals surface area contributed by atoms with E-state index in [0.29, 0.717) is 0 Å². The van der Waals surface area contributed by atoms with Crippen LogP contribution in [-0.4, -0.2) is 26.8 Å². The molecule has 1 fully saturated rings. The lowest BCUT2D eigenvalue weighted by molar-refractivity contribution is -0.150. The number of rotatable bonds is 2. The average Bonchev–Trinajstić information content (AvgIpc) is 2.83. The number of hydrogen-bond acceptors (Lipinski definition) is 3. The van der Waals surface area contributed by atoms with Crippen LogP contribution < -0.4 is 5.73 Å². The molecule has 0 saturated heterocycles. The molecular formula is C8H8F3N3O2. The van der Waals surface area contributed by atoms with Crippen molar-refractivity contribution in [1.29, 1.82) is 0 Å². The van der Waals surface area contributed by atoms with E-state index in [1.54, 1.807) is 0 Å². The van der Waals surface area contributed by atoms with E-state index in [-0.39, 0.29) is 12.2 Å². The molecule has 0 aromatic carbocycles. The third-order valence-corrected chi connectivity index (χ3v) is 2.57. The fraction of sp³-hybridized carbons (Fsp3) is 0.500. The van der Waals surface area contributed by atoms with Crippen LogP contribution in [0.5, 0.6) is 0 Å². The second kappa shape index (κ2) is 3.13. The van der Waals surface area contributed by atoms with E-state index in [2.05, 4.69) is 4.98 Å². The minimum atomic E-state index is -4.27. The van der Waals surface area contributed by atoms with Crippen LogP contribution in [0.15, 0.2) is 6.33 Å². The molecule has 0 spiro atoms. The number of carboxylic acid groups (broad SMARTS) is 1. The molecule has 0 bridgehead atoms. The molecule has 3 N–H and O–H groups in total. The van der Waals surface area contributed by atoms with Crippen molar-refractivity contribution in [2.24, 2.45) is 5.92 Å². The Morgan fingerprint density at radius 3 is 2.62 bits per heavy atom. The molecule has 1 heterocycles. The topological polar surface area (TPSA) is 81.1 Å². The van der Waals surface area contributed by atoms with Crippen molar-refractivity contribution in [2.75, 3.05) is 5.73 Å². The number of carbonyl (C=O) groups is 1. The van der Waals surface area contributed by atoms with Gasteiger partial charge in [-0.3, -0.25) is 0 Å². The van der Waals surface area contributed by atoms with Gasteiger partial charge in [0.1, 0.15) is 5.82 Å². The number of nitrogens with two attached hydrogens (primary N) is 1. The first-order valence-corrected chi connectivity index (χ1v) is 4.44. The van der Waals surface area contributed by atoms with Gasteiger partial charge in [0.15, 0.2) is 5.69 Å². The lowest BCUT2D eigenvalue weighted by Gasteiger charge is -2.07. The summed E-state index contributed by atoms with van der Waals surface area (Å²) in [6, 6.07) is -0.819. The number of anilines is 1. The predicted molar refractivity (Wildman–Crippen MR) is 46.8 cm³/mol. The summed E-state index contributed by atoms with van der Waals surface area (Å²) < 4.78 is 37.9. The average molecular weight is 235 g/mol. The summed E-state index contributed by atoms with van der Waals surface area (Å²) in [5.74, 6) is -3.03. The monoisotopic (exact) mass is 235 g/mol. The maximum absolute atomic E-state index is 12.3. The molecule has 88 valence electrons. The fourth-order valence-electron chi connectivity index (χ4n) is 1.64. The number of carboxylic acids is 1. The summed E-state index contributed by atoms with van der Waals surface area (Å²) in [6.07, 6.45) is -3.32. The Morgan fingerprint density at radius 2 is 2.25 bits per heavy atom. The van der Waals surface area contributed by atoms with Crippen LogP contribution in [0.3, 0.4) is 0 Å². The van der Waals surface area contributed by atoms with Crippen LogP contribution in [-0.2, 0) is 0 Å². The van der Waals surface area contributed by atoms with Gasteiger partial charge in [-0.15, -0.1) is 0 Å². The summed E-state index contributed by atoms with van der Waals surface area (Å²) in [5.41, 5.74) is 4.99. The van der Waals surface area contributed by atoms with E-state index in [9.17, 15) is 18.0 Å². The zero-order chi connectivity index (χ0) is 12.1. The predicted octanol–water partition coefficient (Wildman–Crippen LogP) is 1.29. The highest BCUT2D eigenvalue weighted by Crippen LogP contribution is 2.54. The van der Waals surface area contributed by atoms with Gasteiger partial charge in [-0.25, -0.2) is 9.78 Å². The van der Waals surface area contributed by atoms with E-state index in [1.165, 1.54) is 0 Å². The van der Waals surface area contributed by atoms with E-state index in [1.807, 2.05) is 0 Å². The first-order chi connectivity index (χ1) is 7.32. The van der Waals surface area contributed by atoms with Gasteiger partial charge in [0, 0.05) is 6.04 Å². The third-order valence-electron chi connectivity index (χ3n) is 2.57. The molecule has 8 heteroatoms. The fourth-order valence-corrected chi connectivity index (χ4v) is 1.64. The second-order valence-electron chi connectivity index (χ2n) is 3.64. The molecule has 1 aromatic rings. The maximum atomic E-state index is 12.3. The highest BCUT2D eigenvalue weighted by Gasteiger charge is 2.57. The molecule has 1 aliphatic rings. The molecule has 16 heavy (non-hydrogen) atoms. The Bertz CT molecular complexity index is 440. The molecule has 1 unspecified atom stereocenters. The van der Waals surface area contributed by atoms with Crippen LogP contribution >= 0.6 is 0 Å². The third kappa shape index (κ3) is 1.59. The number of alkyl halides is 3. The standard InChI is InChI=1S/C8H8F3N3O2/c9-8(10,11)3-1-4(3)14-2-13-5(6(14)12)7(15)16/h2-4H,1,12H2,(H,15,16)/t3?,4-/m0/s1. The molecular weight excluding hydrogens is 227 g/mol. The summed E-state index contributed by atoms with van der Waals surface area (Å²) in [4.78, 5) is 14.0. The van der Waals surface area contributed by atoms with Gasteiger partial charge >= 0.3 is 12.1 Å². The van der Waals surface area contributed by atoms with Gasteiger partial charge in [0.2, 0.25) is 0 Å². The maximum Gasteiger partial charge on any atom is 0.393 e. The Balaban J connectivity index is 2.22. The zero-order valence-corrected chi connectivity index (χ0v) is 7.90. The van der Waals surface area contributed by atoms with Crippen LogP contribution in [0.4, 0.5) is 19.0 Å². The molecule has 2 atom stereocenters. The number of nitrogen functional groups attached to an aromatic ring is 1. The van der Waals surface area contributed by atoms with Gasteiger partial charge in [0.05, 0.1) is 12.2 Å². The molecule has 2 rings (SSSR count). The molecule has 0 aliphatic heterocycles. The summed E-state index contributed by atoms with van der Waals surface area (Å²) in [6.45, 7) is 0. The van der Waals surface area contributed by atoms with Crippen molar-refractivity contribution < 1.29 is 23.1 Å². The molecule has 1 aliphatic carbocycles. The van der Waals surface area contributed by atoms with Crippen molar-refractivity contribution in [3.05, 3.63) is 12.0 Å². The van der Waals surface area contributed by atoms with Crippen LogP contribution in [0.25, 0.3) is 0 Å². The van der Waals surface area contributed by atoms with Gasteiger partial charge in [-0.1, -0.05) is 0 Å². The van der Waals surface area contributed by atoms with Crippen molar-refractivity contribution >= 4 is 11.8 Å². The Labute approximate surface area is 87.7 Å². The summed E-state index contributed by atoms with van der Waals surface area (Å²) in [7, 11) is 0. The SMILES string of the molecule is Nc1c(C(=O)O)ncn1[C@H]1CC1C(F)(F)F. The van der Waals surface area contributed by atoms with Crippen LogP contribution in [0.2, 0.25) is 0 Å². The first kappa shape index (κ1) is 10.8. The van der Waals surface area contributed by atoms with Gasteiger partial charge in [0.25, 0.3) is 0 Å². The van der Waals surface area contributed by atoms with Crippen molar-refractivity contribution in [1.82, 2.24) is 9.55 Å². The largest absolute Gasteiger partial charge is 0.476 e. The van der Waals surface area contributed by atoms with Gasteiger partial charge in [-0.2, -0.15) is 13.2 Å². The van der Waals surface area contributed by atoms with E-state index in [0.717, 1.165) is 10.9 Å². The zero-order valence-electron chi connectivity index (χ0n) is 7.90. The van der Waals surface area contributed by atoms with E-state index < -0.39 is 29.8 Å². The molecule has 1 aromatic heterocycles. The Hall–Kier alpha value is -1.73. The van der Waals surface area contributed by atoms with E-state index >= 15 is 0 Å². The molecule has 5 nitrogen and oxygen atoms in total. The number of halogens is 3. The lowest BCUT2D eigenvalue weighted by atomic mass is 10.4. The van der Waals surface area contributed by atoms with Crippen LogP contribution in [0.1, 0.15) is 23.0 Å². The number of aromatic nitrogens is 2.